The van der Waals surface area contributed by atoms with Gasteiger partial charge in [0.1, 0.15) is 0 Å². The van der Waals surface area contributed by atoms with E-state index < -0.39 is 0 Å². The summed E-state index contributed by atoms with van der Waals surface area (Å²) in [7, 11) is 0. The summed E-state index contributed by atoms with van der Waals surface area (Å²) in [5.74, 6) is 4.01. The highest BCUT2D eigenvalue weighted by atomic mass is 32.2. The van der Waals surface area contributed by atoms with E-state index in [2.05, 4.69) is 27.4 Å². The first-order valence-corrected chi connectivity index (χ1v) is 8.54. The zero-order chi connectivity index (χ0) is 14.5. The van der Waals surface area contributed by atoms with Crippen LogP contribution in [0.3, 0.4) is 0 Å². The highest BCUT2D eigenvalue weighted by Gasteiger charge is 2.32. The molecule has 1 fully saturated rings. The molecule has 0 saturated carbocycles. The van der Waals surface area contributed by atoms with Gasteiger partial charge in [0.15, 0.2) is 5.82 Å². The lowest BCUT2D eigenvalue weighted by Crippen LogP contribution is -2.34. The van der Waals surface area contributed by atoms with Gasteiger partial charge < -0.3 is 9.84 Å². The Labute approximate surface area is 128 Å². The molecule has 0 radical (unpaired) electrons. The van der Waals surface area contributed by atoms with Gasteiger partial charge in [-0.25, -0.2) is 0 Å². The third kappa shape index (κ3) is 3.63. The van der Waals surface area contributed by atoms with E-state index in [1.807, 2.05) is 30.1 Å². The van der Waals surface area contributed by atoms with Gasteiger partial charge >= 0.3 is 0 Å². The van der Waals surface area contributed by atoms with E-state index in [9.17, 15) is 0 Å². The Morgan fingerprint density at radius 2 is 2.38 bits per heavy atom. The summed E-state index contributed by atoms with van der Waals surface area (Å²) in [6, 6.07) is 4.40. The number of nitrogens with one attached hydrogen (secondary N) is 1. The first-order valence-electron chi connectivity index (χ1n) is 7.39. The average Bonchev–Trinajstić information content (AvgIpc) is 3.15. The van der Waals surface area contributed by atoms with Gasteiger partial charge in [0.2, 0.25) is 5.89 Å². The van der Waals surface area contributed by atoms with Crippen molar-refractivity contribution in [2.45, 2.75) is 31.7 Å². The van der Waals surface area contributed by atoms with Gasteiger partial charge in [0, 0.05) is 36.4 Å². The molecule has 0 amide bonds. The largest absolute Gasteiger partial charge is 0.339 e. The summed E-state index contributed by atoms with van der Waals surface area (Å²) in [6.45, 7) is 3.22. The first kappa shape index (κ1) is 14.5. The van der Waals surface area contributed by atoms with Crippen LogP contribution in [0, 0.1) is 0 Å². The SMILES string of the molecule is CCCNC1CSCC1c1nc(Cc2cccnc2)no1. The molecule has 0 aromatic carbocycles. The lowest BCUT2D eigenvalue weighted by molar-refractivity contribution is 0.336. The van der Waals surface area contributed by atoms with Crippen molar-refractivity contribution in [2.75, 3.05) is 18.1 Å². The number of pyridine rings is 1. The molecule has 0 spiro atoms. The number of rotatable bonds is 6. The molecular weight excluding hydrogens is 284 g/mol. The Bertz CT molecular complexity index is 560. The summed E-state index contributed by atoms with van der Waals surface area (Å²) >= 11 is 1.95. The van der Waals surface area contributed by atoms with Crippen LogP contribution in [0.2, 0.25) is 0 Å². The molecular formula is C15H20N4OS. The molecule has 1 saturated heterocycles. The number of hydrogen-bond donors (Lipinski definition) is 1. The van der Waals surface area contributed by atoms with Crippen molar-refractivity contribution < 1.29 is 4.52 Å². The Kier molecular flexibility index (Phi) is 4.87. The Morgan fingerprint density at radius 1 is 1.43 bits per heavy atom. The molecule has 1 N–H and O–H groups in total. The van der Waals surface area contributed by atoms with Crippen molar-refractivity contribution in [3.63, 3.8) is 0 Å². The van der Waals surface area contributed by atoms with Gasteiger partial charge in [-0.1, -0.05) is 18.1 Å². The molecule has 2 atom stereocenters. The van der Waals surface area contributed by atoms with Crippen molar-refractivity contribution in [2.24, 2.45) is 0 Å². The molecule has 2 unspecified atom stereocenters. The van der Waals surface area contributed by atoms with E-state index in [0.29, 0.717) is 18.4 Å². The molecule has 2 aromatic rings. The van der Waals surface area contributed by atoms with Crippen LogP contribution in [0.15, 0.2) is 29.0 Å². The van der Waals surface area contributed by atoms with Crippen molar-refractivity contribution in [3.05, 3.63) is 41.8 Å². The van der Waals surface area contributed by atoms with Crippen molar-refractivity contribution in [3.8, 4) is 0 Å². The van der Waals surface area contributed by atoms with Crippen LogP contribution < -0.4 is 5.32 Å². The quantitative estimate of drug-likeness (QED) is 0.883. The average molecular weight is 304 g/mol. The van der Waals surface area contributed by atoms with E-state index in [4.69, 9.17) is 4.52 Å². The lowest BCUT2D eigenvalue weighted by atomic mass is 10.0. The second-order valence-electron chi connectivity index (χ2n) is 5.29. The number of hydrogen-bond acceptors (Lipinski definition) is 6. The maximum atomic E-state index is 5.50. The smallest absolute Gasteiger partial charge is 0.232 e. The van der Waals surface area contributed by atoms with E-state index in [0.717, 1.165) is 41.7 Å². The zero-order valence-electron chi connectivity index (χ0n) is 12.2. The molecule has 3 heterocycles. The highest BCUT2D eigenvalue weighted by molar-refractivity contribution is 7.99. The second-order valence-corrected chi connectivity index (χ2v) is 6.37. The van der Waals surface area contributed by atoms with Crippen LogP contribution in [0.4, 0.5) is 0 Å². The third-order valence-electron chi connectivity index (χ3n) is 3.62. The van der Waals surface area contributed by atoms with E-state index in [1.165, 1.54) is 0 Å². The first-order chi connectivity index (χ1) is 10.4. The maximum Gasteiger partial charge on any atom is 0.232 e. The van der Waals surface area contributed by atoms with Crippen LogP contribution in [0.1, 0.15) is 36.5 Å². The van der Waals surface area contributed by atoms with Crippen LogP contribution in [0.5, 0.6) is 0 Å². The molecule has 5 nitrogen and oxygen atoms in total. The Hall–Kier alpha value is -1.40. The molecule has 112 valence electrons. The van der Waals surface area contributed by atoms with Gasteiger partial charge in [-0.3, -0.25) is 4.98 Å². The molecule has 1 aliphatic rings. The minimum Gasteiger partial charge on any atom is -0.339 e. The lowest BCUT2D eigenvalue weighted by Gasteiger charge is -2.16. The van der Waals surface area contributed by atoms with Crippen LogP contribution in [-0.4, -0.2) is 39.2 Å². The number of nitrogens with zero attached hydrogens (tertiary/aromatic N) is 3. The van der Waals surface area contributed by atoms with E-state index >= 15 is 0 Å². The summed E-state index contributed by atoms with van der Waals surface area (Å²) in [4.78, 5) is 8.70. The molecule has 0 aliphatic carbocycles. The number of thioether (sulfide) groups is 1. The van der Waals surface area contributed by atoms with Crippen molar-refractivity contribution in [1.82, 2.24) is 20.4 Å². The van der Waals surface area contributed by atoms with Crippen LogP contribution in [-0.2, 0) is 6.42 Å². The molecule has 1 aliphatic heterocycles. The minimum absolute atomic E-state index is 0.330. The van der Waals surface area contributed by atoms with Gasteiger partial charge in [-0.15, -0.1) is 0 Å². The predicted octanol–water partition coefficient (Wildman–Crippen LogP) is 2.25. The molecule has 21 heavy (non-hydrogen) atoms. The monoisotopic (exact) mass is 304 g/mol. The van der Waals surface area contributed by atoms with Crippen molar-refractivity contribution >= 4 is 11.8 Å². The van der Waals surface area contributed by atoms with Gasteiger partial charge in [-0.05, 0) is 24.6 Å². The predicted molar refractivity (Wildman–Crippen MR) is 83.5 cm³/mol. The number of aromatic nitrogens is 3. The highest BCUT2D eigenvalue weighted by Crippen LogP contribution is 2.32. The fourth-order valence-electron chi connectivity index (χ4n) is 2.50. The summed E-state index contributed by atoms with van der Waals surface area (Å²) in [5, 5.41) is 7.70. The Morgan fingerprint density at radius 3 is 3.19 bits per heavy atom. The molecule has 3 rings (SSSR count). The van der Waals surface area contributed by atoms with Crippen LogP contribution in [0.25, 0.3) is 0 Å². The Balaban J connectivity index is 1.66. The van der Waals surface area contributed by atoms with Gasteiger partial charge in [0.05, 0.1) is 5.92 Å². The molecule has 0 bridgehead atoms. The topological polar surface area (TPSA) is 63.8 Å². The second kappa shape index (κ2) is 7.04. The third-order valence-corrected chi connectivity index (χ3v) is 4.81. The summed E-state index contributed by atoms with van der Waals surface area (Å²) < 4.78 is 5.50. The van der Waals surface area contributed by atoms with Gasteiger partial charge in [-0.2, -0.15) is 16.7 Å². The van der Waals surface area contributed by atoms with Crippen molar-refractivity contribution in [1.29, 1.82) is 0 Å². The normalized spacial score (nSPS) is 21.8. The van der Waals surface area contributed by atoms with E-state index in [1.54, 1.807) is 6.20 Å². The fourth-order valence-corrected chi connectivity index (χ4v) is 3.87. The minimum atomic E-state index is 0.330. The molecule has 2 aromatic heterocycles. The van der Waals surface area contributed by atoms with Crippen LogP contribution >= 0.6 is 11.8 Å². The zero-order valence-corrected chi connectivity index (χ0v) is 13.0. The molecule has 6 heteroatoms. The fraction of sp³-hybridized carbons (Fsp3) is 0.533. The van der Waals surface area contributed by atoms with Gasteiger partial charge in [0.25, 0.3) is 0 Å². The standard InChI is InChI=1S/C15H20N4OS/c1-2-5-17-13-10-21-9-12(13)15-18-14(19-20-15)7-11-4-3-6-16-8-11/h3-4,6,8,12-13,17H,2,5,7,9-10H2,1H3. The maximum absolute atomic E-state index is 5.50. The summed E-state index contributed by atoms with van der Waals surface area (Å²) in [6.07, 6.45) is 5.42. The van der Waals surface area contributed by atoms with E-state index in [-0.39, 0.29) is 0 Å². The summed E-state index contributed by atoms with van der Waals surface area (Å²) in [5.41, 5.74) is 1.10.